The van der Waals surface area contributed by atoms with Gasteiger partial charge in [-0.3, -0.25) is 0 Å². The molecule has 19 heavy (non-hydrogen) atoms. The lowest BCUT2D eigenvalue weighted by Crippen LogP contribution is -2.51. The zero-order valence-corrected chi connectivity index (χ0v) is 12.2. The van der Waals surface area contributed by atoms with Crippen LogP contribution in [0.2, 0.25) is 0 Å². The van der Waals surface area contributed by atoms with Gasteiger partial charge in [0.25, 0.3) is 0 Å². The fourth-order valence-electron chi connectivity index (χ4n) is 2.62. The lowest BCUT2D eigenvalue weighted by molar-refractivity contribution is -0.139. The summed E-state index contributed by atoms with van der Waals surface area (Å²) in [5.74, 6) is -0.964. The van der Waals surface area contributed by atoms with E-state index in [-0.39, 0.29) is 17.5 Å². The molecule has 0 radical (unpaired) electrons. The summed E-state index contributed by atoms with van der Waals surface area (Å²) in [5.41, 5.74) is 0.0967. The van der Waals surface area contributed by atoms with E-state index < -0.39 is 12.0 Å². The average molecular weight is 270 g/mol. The van der Waals surface area contributed by atoms with Crippen LogP contribution in [-0.4, -0.2) is 29.2 Å². The predicted molar refractivity (Wildman–Crippen MR) is 74.0 cm³/mol. The summed E-state index contributed by atoms with van der Waals surface area (Å²) in [6.45, 7) is 6.27. The first-order valence-corrected chi connectivity index (χ1v) is 7.16. The fourth-order valence-corrected chi connectivity index (χ4v) is 2.62. The van der Waals surface area contributed by atoms with Gasteiger partial charge in [-0.05, 0) is 24.7 Å². The summed E-state index contributed by atoms with van der Waals surface area (Å²) in [6.07, 6.45) is 5.36. The van der Waals surface area contributed by atoms with E-state index in [4.69, 9.17) is 5.11 Å². The van der Waals surface area contributed by atoms with E-state index in [1.54, 1.807) is 0 Å². The van der Waals surface area contributed by atoms with Crippen LogP contribution in [0.25, 0.3) is 0 Å². The van der Waals surface area contributed by atoms with Crippen LogP contribution in [-0.2, 0) is 4.79 Å². The average Bonchev–Trinajstić information content (AvgIpc) is 2.63. The van der Waals surface area contributed by atoms with Crippen molar-refractivity contribution in [3.63, 3.8) is 0 Å². The molecule has 1 rings (SSSR count). The van der Waals surface area contributed by atoms with E-state index >= 15 is 0 Å². The molecule has 5 nitrogen and oxygen atoms in total. The Labute approximate surface area is 115 Å². The van der Waals surface area contributed by atoms with Gasteiger partial charge < -0.3 is 15.7 Å². The molecule has 0 heterocycles. The number of unbranched alkanes of at least 4 members (excludes halogenated alkanes) is 1. The summed E-state index contributed by atoms with van der Waals surface area (Å²) in [7, 11) is 0. The van der Waals surface area contributed by atoms with E-state index in [1.165, 1.54) is 0 Å². The molecule has 1 aliphatic rings. The van der Waals surface area contributed by atoms with Gasteiger partial charge in [0.2, 0.25) is 0 Å². The Morgan fingerprint density at radius 1 is 1.42 bits per heavy atom. The molecule has 1 fully saturated rings. The Hall–Kier alpha value is -1.26. The quantitative estimate of drug-likeness (QED) is 0.694. The monoisotopic (exact) mass is 270 g/mol. The third-order valence-corrected chi connectivity index (χ3v) is 4.01. The van der Waals surface area contributed by atoms with Crippen LogP contribution in [0.1, 0.15) is 59.3 Å². The number of urea groups is 1. The Morgan fingerprint density at radius 3 is 2.58 bits per heavy atom. The maximum atomic E-state index is 11.9. The Morgan fingerprint density at radius 2 is 2.11 bits per heavy atom. The number of rotatable bonds is 6. The molecule has 0 spiro atoms. The second-order valence-corrected chi connectivity index (χ2v) is 6.08. The fraction of sp³-hybridized carbons (Fsp3) is 0.857. The lowest BCUT2D eigenvalue weighted by Gasteiger charge is -2.28. The van der Waals surface area contributed by atoms with Gasteiger partial charge in [0.05, 0.1) is 0 Å². The number of aliphatic carboxylic acids is 1. The zero-order valence-electron chi connectivity index (χ0n) is 12.2. The molecule has 1 unspecified atom stereocenters. The SMILES string of the molecule is CCCC[C@H](NC(=O)NC1CCCC1(C)C)C(=O)O. The Bertz CT molecular complexity index is 329. The molecule has 2 amide bonds. The number of nitrogens with one attached hydrogen (secondary N) is 2. The van der Waals surface area contributed by atoms with Crippen molar-refractivity contribution in [1.29, 1.82) is 0 Å². The van der Waals surface area contributed by atoms with Crippen molar-refractivity contribution in [2.45, 2.75) is 71.4 Å². The molecule has 0 aliphatic heterocycles. The molecule has 0 aromatic rings. The molecule has 5 heteroatoms. The molecular formula is C14H26N2O3. The van der Waals surface area contributed by atoms with E-state index in [9.17, 15) is 9.59 Å². The largest absolute Gasteiger partial charge is 0.480 e. The first-order chi connectivity index (χ1) is 8.86. The standard InChI is InChI=1S/C14H26N2O3/c1-4-5-7-10(12(17)18)15-13(19)16-11-8-6-9-14(11,2)3/h10-11H,4-9H2,1-3H3,(H,17,18)(H2,15,16,19)/t10-,11?/m0/s1. The topological polar surface area (TPSA) is 78.4 Å². The van der Waals surface area contributed by atoms with Crippen molar-refractivity contribution < 1.29 is 14.7 Å². The van der Waals surface area contributed by atoms with Crippen LogP contribution in [0.4, 0.5) is 4.79 Å². The number of carboxylic acids is 1. The number of carboxylic acid groups (broad SMARTS) is 1. The minimum atomic E-state index is -0.964. The summed E-state index contributed by atoms with van der Waals surface area (Å²) in [5, 5.41) is 14.6. The van der Waals surface area contributed by atoms with Crippen molar-refractivity contribution in [3.05, 3.63) is 0 Å². The first-order valence-electron chi connectivity index (χ1n) is 7.16. The highest BCUT2D eigenvalue weighted by Crippen LogP contribution is 2.37. The summed E-state index contributed by atoms with van der Waals surface area (Å²) < 4.78 is 0. The maximum absolute atomic E-state index is 11.9. The molecule has 0 saturated heterocycles. The summed E-state index contributed by atoms with van der Waals surface area (Å²) in [4.78, 5) is 22.9. The van der Waals surface area contributed by atoms with Gasteiger partial charge in [0.1, 0.15) is 6.04 Å². The Kier molecular flexibility index (Phi) is 5.63. The van der Waals surface area contributed by atoms with Gasteiger partial charge in [0, 0.05) is 6.04 Å². The molecular weight excluding hydrogens is 244 g/mol. The number of carbonyl (C=O) groups excluding carboxylic acids is 1. The highest BCUT2D eigenvalue weighted by atomic mass is 16.4. The summed E-state index contributed by atoms with van der Waals surface area (Å²) in [6, 6.07) is -1.01. The number of hydrogen-bond donors (Lipinski definition) is 3. The van der Waals surface area contributed by atoms with Crippen molar-refractivity contribution in [2.75, 3.05) is 0 Å². The van der Waals surface area contributed by atoms with Crippen LogP contribution in [0.15, 0.2) is 0 Å². The van der Waals surface area contributed by atoms with Gasteiger partial charge in [0.15, 0.2) is 0 Å². The van der Waals surface area contributed by atoms with Crippen molar-refractivity contribution in [1.82, 2.24) is 10.6 Å². The number of hydrogen-bond acceptors (Lipinski definition) is 2. The smallest absolute Gasteiger partial charge is 0.326 e. The summed E-state index contributed by atoms with van der Waals surface area (Å²) >= 11 is 0. The van der Waals surface area contributed by atoms with Crippen molar-refractivity contribution in [3.8, 4) is 0 Å². The maximum Gasteiger partial charge on any atom is 0.326 e. The second kappa shape index (κ2) is 6.78. The highest BCUT2D eigenvalue weighted by Gasteiger charge is 2.35. The molecule has 1 aliphatic carbocycles. The lowest BCUT2D eigenvalue weighted by atomic mass is 9.87. The molecule has 2 atom stereocenters. The third kappa shape index (κ3) is 4.73. The highest BCUT2D eigenvalue weighted by molar-refractivity contribution is 5.82. The predicted octanol–water partition coefficient (Wildman–Crippen LogP) is 2.51. The van der Waals surface area contributed by atoms with E-state index in [1.807, 2.05) is 6.92 Å². The number of carbonyl (C=O) groups is 2. The minimum absolute atomic E-state index is 0.0967. The van der Waals surface area contributed by atoms with Gasteiger partial charge in [-0.1, -0.05) is 40.0 Å². The van der Waals surface area contributed by atoms with Crippen LogP contribution >= 0.6 is 0 Å². The normalized spacial score (nSPS) is 22.8. The first kappa shape index (κ1) is 15.8. The van der Waals surface area contributed by atoms with E-state index in [2.05, 4.69) is 24.5 Å². The molecule has 3 N–H and O–H groups in total. The molecule has 0 bridgehead atoms. The van der Waals surface area contributed by atoms with Gasteiger partial charge in [-0.25, -0.2) is 9.59 Å². The van der Waals surface area contributed by atoms with Crippen LogP contribution in [0, 0.1) is 5.41 Å². The van der Waals surface area contributed by atoms with Crippen LogP contribution in [0.3, 0.4) is 0 Å². The second-order valence-electron chi connectivity index (χ2n) is 6.08. The van der Waals surface area contributed by atoms with Crippen molar-refractivity contribution >= 4 is 12.0 Å². The molecule has 0 aromatic carbocycles. The van der Waals surface area contributed by atoms with Crippen LogP contribution < -0.4 is 10.6 Å². The number of amides is 2. The minimum Gasteiger partial charge on any atom is -0.480 e. The molecule has 110 valence electrons. The van der Waals surface area contributed by atoms with Crippen LogP contribution in [0.5, 0.6) is 0 Å². The van der Waals surface area contributed by atoms with Gasteiger partial charge >= 0.3 is 12.0 Å². The van der Waals surface area contributed by atoms with Crippen molar-refractivity contribution in [2.24, 2.45) is 5.41 Å². The van der Waals surface area contributed by atoms with Gasteiger partial charge in [-0.2, -0.15) is 0 Å². The Balaban J connectivity index is 2.46. The third-order valence-electron chi connectivity index (χ3n) is 4.01. The molecule has 0 aromatic heterocycles. The molecule has 1 saturated carbocycles. The van der Waals surface area contributed by atoms with E-state index in [0.717, 1.165) is 32.1 Å². The van der Waals surface area contributed by atoms with E-state index in [0.29, 0.717) is 6.42 Å². The zero-order chi connectivity index (χ0) is 14.5. The van der Waals surface area contributed by atoms with Gasteiger partial charge in [-0.15, -0.1) is 0 Å².